The normalized spacial score (nSPS) is 11.8. The fourth-order valence-corrected chi connectivity index (χ4v) is 5.30. The molecule has 5 aromatic rings. The lowest BCUT2D eigenvalue weighted by Gasteiger charge is -2.17. The number of aromatic nitrogens is 9. The van der Waals surface area contributed by atoms with Gasteiger partial charge in [-0.2, -0.15) is 4.37 Å². The Morgan fingerprint density at radius 1 is 0.500 bits per heavy atom. The Balaban J connectivity index is 0.000000725. The van der Waals surface area contributed by atoms with Gasteiger partial charge >= 0.3 is 0 Å². The van der Waals surface area contributed by atoms with E-state index in [9.17, 15) is 8.78 Å². The van der Waals surface area contributed by atoms with Gasteiger partial charge in [-0.25, -0.2) is 43.7 Å². The van der Waals surface area contributed by atoms with Crippen molar-refractivity contribution in [3.8, 4) is 0 Å². The quantitative estimate of drug-likeness (QED) is 0.162. The Hall–Kier alpha value is -4.19. The zero-order valence-electron chi connectivity index (χ0n) is 42.7. The highest BCUT2D eigenvalue weighted by molar-refractivity contribution is 7.05. The molecule has 0 aliphatic carbocycles. The van der Waals surface area contributed by atoms with Crippen LogP contribution in [0.4, 0.5) is 8.78 Å². The van der Waals surface area contributed by atoms with E-state index >= 15 is 0 Å². The van der Waals surface area contributed by atoms with Crippen molar-refractivity contribution >= 4 is 11.5 Å². The minimum Gasteiger partial charge on any atom is -0.258 e. The predicted octanol–water partition coefficient (Wildman–Crippen LogP) is 13.9. The van der Waals surface area contributed by atoms with Gasteiger partial charge in [-0.1, -0.05) is 144 Å². The Kier molecular flexibility index (Phi) is 22.9. The molecule has 0 aliphatic rings. The first-order valence-electron chi connectivity index (χ1n) is 21.5. The van der Waals surface area contributed by atoms with Crippen LogP contribution in [0.1, 0.15) is 195 Å². The molecule has 0 spiro atoms. The fourth-order valence-electron chi connectivity index (χ4n) is 4.64. The van der Waals surface area contributed by atoms with Crippen LogP contribution in [0.5, 0.6) is 0 Å². The second kappa shape index (κ2) is 24.6. The molecule has 0 saturated heterocycles. The predicted molar refractivity (Wildman–Crippen MR) is 257 cm³/mol. The highest BCUT2D eigenvalue weighted by atomic mass is 32.1. The zero-order chi connectivity index (χ0) is 48.5. The molecule has 5 rings (SSSR count). The second-order valence-electron chi connectivity index (χ2n) is 21.7. The molecule has 62 heavy (non-hydrogen) atoms. The summed E-state index contributed by atoms with van der Waals surface area (Å²) in [6, 6.07) is 8.07. The summed E-state index contributed by atoms with van der Waals surface area (Å²) in [4.78, 5) is 33.0. The van der Waals surface area contributed by atoms with Crippen LogP contribution in [-0.2, 0) is 27.1 Å². The van der Waals surface area contributed by atoms with E-state index in [-0.39, 0.29) is 32.9 Å². The highest BCUT2D eigenvalue weighted by Gasteiger charge is 2.20. The molecule has 0 aliphatic heterocycles. The Morgan fingerprint density at radius 3 is 1.27 bits per heavy atom. The van der Waals surface area contributed by atoms with Crippen LogP contribution in [0.2, 0.25) is 0 Å². The third-order valence-electron chi connectivity index (χ3n) is 8.20. The highest BCUT2D eigenvalue weighted by Crippen LogP contribution is 2.22. The van der Waals surface area contributed by atoms with Crippen molar-refractivity contribution in [2.24, 2.45) is 5.41 Å². The first kappa shape index (κ1) is 57.8. The van der Waals surface area contributed by atoms with Crippen molar-refractivity contribution in [2.75, 3.05) is 0 Å². The molecule has 0 aromatic carbocycles. The van der Waals surface area contributed by atoms with Gasteiger partial charge in [0.2, 0.25) is 0 Å². The molecule has 0 N–H and O–H groups in total. The Morgan fingerprint density at radius 2 is 0.968 bits per heavy atom. The van der Waals surface area contributed by atoms with Crippen LogP contribution in [0, 0.1) is 44.7 Å². The summed E-state index contributed by atoms with van der Waals surface area (Å²) >= 11 is 1.47. The van der Waals surface area contributed by atoms with E-state index in [1.54, 1.807) is 6.92 Å². The molecule has 12 heteroatoms. The lowest BCUT2D eigenvalue weighted by atomic mass is 9.91. The van der Waals surface area contributed by atoms with Gasteiger partial charge in [0.15, 0.2) is 11.6 Å². The largest absolute Gasteiger partial charge is 0.258 e. The summed E-state index contributed by atoms with van der Waals surface area (Å²) in [7, 11) is 0. The molecule has 0 saturated carbocycles. The van der Waals surface area contributed by atoms with Crippen LogP contribution in [-0.4, -0.2) is 44.2 Å². The summed E-state index contributed by atoms with van der Waals surface area (Å²) in [5, 5.41) is 1.05. The molecule has 0 atom stereocenters. The van der Waals surface area contributed by atoms with Crippen LogP contribution in [0.15, 0.2) is 49.1 Å². The average molecular weight is 878 g/mol. The van der Waals surface area contributed by atoms with Gasteiger partial charge in [0, 0.05) is 50.4 Å². The lowest BCUT2D eigenvalue weighted by Crippen LogP contribution is -2.16. The number of hydrogen-bond acceptors (Lipinski definition) is 10. The first-order valence-corrected chi connectivity index (χ1v) is 22.3. The molecule has 9 nitrogen and oxygen atoms in total. The first-order chi connectivity index (χ1) is 28.0. The summed E-state index contributed by atoms with van der Waals surface area (Å²) in [5.41, 5.74) is 4.37. The van der Waals surface area contributed by atoms with Crippen molar-refractivity contribution in [2.45, 2.75) is 199 Å². The van der Waals surface area contributed by atoms with Gasteiger partial charge in [0.1, 0.15) is 28.3 Å². The van der Waals surface area contributed by atoms with Gasteiger partial charge in [-0.15, -0.1) is 0 Å². The van der Waals surface area contributed by atoms with Crippen molar-refractivity contribution in [3.63, 3.8) is 0 Å². The summed E-state index contributed by atoms with van der Waals surface area (Å²) in [6.45, 7) is 47.9. The van der Waals surface area contributed by atoms with Gasteiger partial charge in [-0.3, -0.25) is 4.98 Å². The standard InChI is InChI=1S/C10H15N.C9H13FN2.C9H14N2.C8H11FN2.C7H12N2S.C7H16/c1-8-6-5-7-9(11-8)10(2,3)4;1-6-7(10)5-11-8(12-6)9(2,3)4;1-7-5-6-10-8(11-7)9(2,3)4;1-8(2,3)7-10-4-6(9)5-11-7;1-5-8-6(9-10-5)7(2,3)4;1-5-6-7(2,3)4/h5-7H,1-4H3;5H,1-4H3;5-6H,1-4H3;4-5H,1-3H3;1-4H3;5-6H2,1-4H3. The average Bonchev–Trinajstić information content (AvgIpc) is 3.56. The van der Waals surface area contributed by atoms with Crippen LogP contribution in [0.3, 0.4) is 0 Å². The molecule has 0 radical (unpaired) electrons. The Labute approximate surface area is 379 Å². The number of aryl methyl sites for hydroxylation is 4. The molecule has 5 heterocycles. The molecule has 5 aromatic heterocycles. The van der Waals surface area contributed by atoms with Crippen LogP contribution >= 0.6 is 11.5 Å². The number of nitrogens with zero attached hydrogens (tertiary/aromatic N) is 9. The lowest BCUT2D eigenvalue weighted by molar-refractivity contribution is 0.373. The monoisotopic (exact) mass is 878 g/mol. The molecule has 0 unspecified atom stereocenters. The minimum atomic E-state index is -0.391. The van der Waals surface area contributed by atoms with Gasteiger partial charge in [-0.05, 0) is 69.3 Å². The Bertz CT molecular complexity index is 1970. The maximum atomic E-state index is 12.8. The number of hydrogen-bond donors (Lipinski definition) is 0. The van der Waals surface area contributed by atoms with Crippen molar-refractivity contribution < 1.29 is 8.78 Å². The van der Waals surface area contributed by atoms with E-state index in [4.69, 9.17) is 0 Å². The van der Waals surface area contributed by atoms with Crippen molar-refractivity contribution in [1.29, 1.82) is 0 Å². The molecule has 0 bridgehead atoms. The second-order valence-corrected chi connectivity index (χ2v) is 22.7. The van der Waals surface area contributed by atoms with E-state index in [1.165, 1.54) is 43.0 Å². The number of rotatable bonds is 1. The van der Waals surface area contributed by atoms with E-state index in [2.05, 4.69) is 146 Å². The molecule has 346 valence electrons. The van der Waals surface area contributed by atoms with E-state index in [0.29, 0.717) is 22.8 Å². The van der Waals surface area contributed by atoms with Crippen LogP contribution < -0.4 is 0 Å². The summed E-state index contributed by atoms with van der Waals surface area (Å²) in [5.74, 6) is 2.48. The van der Waals surface area contributed by atoms with Gasteiger partial charge in [0.05, 0.1) is 24.3 Å². The topological polar surface area (TPSA) is 116 Å². The van der Waals surface area contributed by atoms with Gasteiger partial charge in [0.25, 0.3) is 0 Å². The SMILES string of the molecule is CC(C)(C)c1ncc(F)cn1.CCCC(C)(C)C.Cc1cccc(C(C)(C)C)n1.Cc1ccnc(C(C)(C)C)n1.Cc1nc(C(C)(C)C)ncc1F.Cc1nc(C(C)(C)C)ns1. The molecule has 0 amide bonds. The van der Waals surface area contributed by atoms with E-state index in [0.717, 1.165) is 33.7 Å². The van der Waals surface area contributed by atoms with Gasteiger partial charge < -0.3 is 0 Å². The van der Waals surface area contributed by atoms with E-state index in [1.807, 2.05) is 80.6 Å². The fraction of sp³-hybridized carbons (Fsp3) is 0.620. The molecular weight excluding hydrogens is 797 g/mol. The minimum absolute atomic E-state index is 0.0615. The number of pyridine rings is 1. The summed E-state index contributed by atoms with van der Waals surface area (Å²) < 4.78 is 29.3. The maximum Gasteiger partial charge on any atom is 0.162 e. The van der Waals surface area contributed by atoms with Crippen LogP contribution in [0.25, 0.3) is 0 Å². The zero-order valence-corrected chi connectivity index (χ0v) is 43.5. The number of halogens is 2. The maximum absolute atomic E-state index is 12.8. The van der Waals surface area contributed by atoms with Crippen molar-refractivity contribution in [3.05, 3.63) is 112 Å². The molecular formula is C50H81F2N9S. The summed E-state index contributed by atoms with van der Waals surface area (Å²) in [6.07, 6.45) is 8.06. The smallest absolute Gasteiger partial charge is 0.162 e. The molecule has 0 fully saturated rings. The van der Waals surface area contributed by atoms with Crippen molar-refractivity contribution in [1.82, 2.24) is 44.2 Å². The third kappa shape index (κ3) is 25.1. The van der Waals surface area contributed by atoms with E-state index < -0.39 is 5.82 Å². The third-order valence-corrected chi connectivity index (χ3v) is 8.82.